The molecule has 8 nitrogen and oxygen atoms in total. The second kappa shape index (κ2) is 12.9. The highest BCUT2D eigenvalue weighted by atomic mass is 35.5. The fourth-order valence-corrected chi connectivity index (χ4v) is 8.56. The number of piperazine rings is 1. The summed E-state index contributed by atoms with van der Waals surface area (Å²) >= 11 is 7.18. The molecule has 1 fully saturated rings. The molecule has 1 saturated heterocycles. The number of amides is 1. The van der Waals surface area contributed by atoms with Gasteiger partial charge in [-0.3, -0.25) is 4.79 Å². The number of fused-ring (bicyclic) bond motifs is 1. The molecule has 11 heteroatoms. The second-order valence-electron chi connectivity index (χ2n) is 10.6. The molecule has 0 spiro atoms. The van der Waals surface area contributed by atoms with E-state index in [-0.39, 0.29) is 23.8 Å². The van der Waals surface area contributed by atoms with Crippen molar-refractivity contribution in [2.75, 3.05) is 19.7 Å². The highest BCUT2D eigenvalue weighted by molar-refractivity contribution is 7.91. The van der Waals surface area contributed by atoms with Crippen LogP contribution in [0, 0.1) is 11.3 Å². The number of rotatable bonds is 8. The fraction of sp³-hybridized carbons (Fsp3) is 0.147. The van der Waals surface area contributed by atoms with Gasteiger partial charge in [-0.05, 0) is 41.3 Å². The van der Waals surface area contributed by atoms with Gasteiger partial charge in [0, 0.05) is 33.9 Å². The van der Waals surface area contributed by atoms with Gasteiger partial charge in [-0.1, -0.05) is 84.4 Å². The van der Waals surface area contributed by atoms with Crippen LogP contribution in [0.25, 0.3) is 10.1 Å². The second-order valence-corrected chi connectivity index (χ2v) is 14.2. The summed E-state index contributed by atoms with van der Waals surface area (Å²) < 4.78 is 29.1. The lowest BCUT2D eigenvalue weighted by atomic mass is 10.0. The molecular formula is C34H27ClN4O4S2. The molecule has 0 unspecified atom stereocenters. The van der Waals surface area contributed by atoms with Crippen molar-refractivity contribution in [3.63, 3.8) is 0 Å². The maximum absolute atomic E-state index is 13.6. The molecule has 1 aromatic heterocycles. The highest BCUT2D eigenvalue weighted by Gasteiger charge is 2.39. The number of nitriles is 1. The summed E-state index contributed by atoms with van der Waals surface area (Å²) in [6, 6.07) is 32.7. The molecule has 226 valence electrons. The first kappa shape index (κ1) is 30.6. The van der Waals surface area contributed by atoms with Gasteiger partial charge < -0.3 is 10.0 Å². The van der Waals surface area contributed by atoms with Crippen molar-refractivity contribution in [1.29, 1.82) is 5.26 Å². The Kier molecular flexibility index (Phi) is 8.81. The van der Waals surface area contributed by atoms with E-state index in [1.807, 2.05) is 60.7 Å². The predicted octanol–water partition coefficient (Wildman–Crippen LogP) is 5.99. The van der Waals surface area contributed by atoms with Crippen LogP contribution in [-0.4, -0.2) is 60.1 Å². The number of benzene rings is 4. The number of hydrogen-bond acceptors (Lipinski definition) is 7. The number of aliphatic imine (C=N–C) groups is 1. The summed E-state index contributed by atoms with van der Waals surface area (Å²) in [5.41, 5.74) is 3.96. The molecule has 0 bridgehead atoms. The first-order valence-electron chi connectivity index (χ1n) is 14.1. The molecule has 0 saturated carbocycles. The quantitative estimate of drug-likeness (QED) is 0.207. The number of sulfonamides is 1. The summed E-state index contributed by atoms with van der Waals surface area (Å²) in [5.74, 6) is -0.434. The van der Waals surface area contributed by atoms with Gasteiger partial charge in [0.2, 0.25) is 5.91 Å². The van der Waals surface area contributed by atoms with E-state index in [0.29, 0.717) is 27.5 Å². The lowest BCUT2D eigenvalue weighted by Gasteiger charge is -2.39. The topological polar surface area (TPSA) is 114 Å². The smallest absolute Gasteiger partial charge is 0.253 e. The summed E-state index contributed by atoms with van der Waals surface area (Å²) in [5, 5.41) is 21.4. The Morgan fingerprint density at radius 2 is 1.67 bits per heavy atom. The van der Waals surface area contributed by atoms with Crippen LogP contribution in [0.4, 0.5) is 5.69 Å². The molecule has 5 aromatic rings. The fourth-order valence-electron chi connectivity index (χ4n) is 5.30. The van der Waals surface area contributed by atoms with Gasteiger partial charge in [0.25, 0.3) is 10.0 Å². The first-order valence-corrected chi connectivity index (χ1v) is 16.7. The van der Waals surface area contributed by atoms with Crippen LogP contribution in [0.3, 0.4) is 0 Å². The zero-order valence-corrected chi connectivity index (χ0v) is 26.3. The molecule has 2 heterocycles. The van der Waals surface area contributed by atoms with Crippen molar-refractivity contribution >= 4 is 60.4 Å². The van der Waals surface area contributed by atoms with Crippen molar-refractivity contribution in [3.8, 4) is 6.07 Å². The monoisotopic (exact) mass is 654 g/mol. The molecule has 1 aliphatic heterocycles. The van der Waals surface area contributed by atoms with E-state index in [1.165, 1.54) is 4.90 Å². The first-order chi connectivity index (χ1) is 21.8. The average molecular weight is 655 g/mol. The molecule has 6 rings (SSSR count). The van der Waals surface area contributed by atoms with Crippen LogP contribution in [0.2, 0.25) is 5.02 Å². The van der Waals surface area contributed by atoms with E-state index >= 15 is 0 Å². The lowest BCUT2D eigenvalue weighted by Crippen LogP contribution is -2.58. The summed E-state index contributed by atoms with van der Waals surface area (Å²) in [6.07, 6.45) is 0. The summed E-state index contributed by atoms with van der Waals surface area (Å²) in [4.78, 5) is 19.9. The van der Waals surface area contributed by atoms with Gasteiger partial charge in [0.05, 0.1) is 36.2 Å². The number of hydrogen-bond donors (Lipinski definition) is 1. The third-order valence-electron chi connectivity index (χ3n) is 7.61. The van der Waals surface area contributed by atoms with Gasteiger partial charge in [0.15, 0.2) is 0 Å². The van der Waals surface area contributed by atoms with E-state index in [2.05, 4.69) is 6.07 Å². The Labute approximate surface area is 270 Å². The van der Waals surface area contributed by atoms with E-state index in [0.717, 1.165) is 36.9 Å². The third kappa shape index (κ3) is 6.40. The maximum Gasteiger partial charge on any atom is 0.253 e. The lowest BCUT2D eigenvalue weighted by molar-refractivity contribution is -0.139. The van der Waals surface area contributed by atoms with Gasteiger partial charge in [0.1, 0.15) is 10.3 Å². The van der Waals surface area contributed by atoms with Gasteiger partial charge in [-0.2, -0.15) is 9.57 Å². The molecule has 45 heavy (non-hydrogen) atoms. The zero-order valence-electron chi connectivity index (χ0n) is 23.9. The van der Waals surface area contributed by atoms with Gasteiger partial charge in [-0.25, -0.2) is 13.4 Å². The van der Waals surface area contributed by atoms with Crippen molar-refractivity contribution in [1.82, 2.24) is 9.21 Å². The van der Waals surface area contributed by atoms with Crippen molar-refractivity contribution in [3.05, 3.63) is 130 Å². The van der Waals surface area contributed by atoms with Crippen LogP contribution in [0.5, 0.6) is 0 Å². The van der Waals surface area contributed by atoms with Crippen molar-refractivity contribution < 1.29 is 18.3 Å². The van der Waals surface area contributed by atoms with Crippen LogP contribution in [-0.2, 0) is 21.4 Å². The van der Waals surface area contributed by atoms with Crippen LogP contribution >= 0.6 is 22.9 Å². The largest absolute Gasteiger partial charge is 0.394 e. The number of aliphatic hydroxyl groups excluding tert-OH is 1. The molecule has 1 N–H and O–H groups in total. The van der Waals surface area contributed by atoms with Crippen LogP contribution in [0.1, 0.15) is 22.3 Å². The summed E-state index contributed by atoms with van der Waals surface area (Å²) in [7, 11) is -3.99. The van der Waals surface area contributed by atoms with E-state index < -0.39 is 28.6 Å². The molecule has 1 atom stereocenters. The minimum absolute atomic E-state index is 0.0625. The predicted molar refractivity (Wildman–Crippen MR) is 176 cm³/mol. The Bertz CT molecular complexity index is 2020. The van der Waals surface area contributed by atoms with E-state index in [4.69, 9.17) is 16.6 Å². The minimum atomic E-state index is -3.99. The van der Waals surface area contributed by atoms with Crippen molar-refractivity contribution in [2.24, 2.45) is 4.99 Å². The SMILES string of the molecule is N#Cc1ccc(CN2C(=O)CN(S(=O)(=O)c3cc4ccc(Cl)cc4s3)C[C@@H]2CO)cc1N=C(c1ccccc1)c1ccccc1. The minimum Gasteiger partial charge on any atom is -0.394 e. The normalized spacial score (nSPS) is 15.6. The molecule has 0 aliphatic carbocycles. The van der Waals surface area contributed by atoms with Crippen LogP contribution in [0.15, 0.2) is 112 Å². The number of halogens is 1. The number of nitrogens with zero attached hydrogens (tertiary/aromatic N) is 4. The number of carbonyl (C=O) groups is 1. The maximum atomic E-state index is 13.6. The number of aliphatic hydroxyl groups is 1. The van der Waals surface area contributed by atoms with Gasteiger partial charge >= 0.3 is 0 Å². The molecule has 4 aromatic carbocycles. The Hall–Kier alpha value is -4.37. The van der Waals surface area contributed by atoms with E-state index in [9.17, 15) is 23.6 Å². The Balaban J connectivity index is 1.28. The molecule has 1 amide bonds. The number of thiophene rings is 1. The standard InChI is InChI=1S/C34H27ClN4O4S2/c35-28-14-13-26-16-33(44-31(26)17-28)45(42,43)38-20-29(22-40)39(32(41)21-38)19-23-11-12-27(18-36)30(15-23)37-34(24-7-3-1-4-8-24)25-9-5-2-6-10-25/h1-17,29,40H,19-22H2/t29-/m1/s1. The number of carbonyl (C=O) groups excluding carboxylic acids is 1. The Morgan fingerprint density at radius 3 is 2.31 bits per heavy atom. The molecule has 0 radical (unpaired) electrons. The average Bonchev–Trinajstić information content (AvgIpc) is 3.49. The third-order valence-corrected chi connectivity index (χ3v) is 11.2. The van der Waals surface area contributed by atoms with Gasteiger partial charge in [-0.15, -0.1) is 11.3 Å². The Morgan fingerprint density at radius 1 is 0.978 bits per heavy atom. The molecule has 1 aliphatic rings. The van der Waals surface area contributed by atoms with Crippen molar-refractivity contribution in [2.45, 2.75) is 16.8 Å². The highest BCUT2D eigenvalue weighted by Crippen LogP contribution is 2.34. The zero-order chi connectivity index (χ0) is 31.6. The van der Waals surface area contributed by atoms with E-state index in [1.54, 1.807) is 42.5 Å². The van der Waals surface area contributed by atoms with Crippen LogP contribution < -0.4 is 0 Å². The summed E-state index contributed by atoms with van der Waals surface area (Å²) in [6.45, 7) is -0.735. The molecular weight excluding hydrogens is 628 g/mol.